The molecule has 0 aliphatic heterocycles. The predicted molar refractivity (Wildman–Crippen MR) is 79.7 cm³/mol. The van der Waals surface area contributed by atoms with Gasteiger partial charge >= 0.3 is 5.97 Å². The van der Waals surface area contributed by atoms with Gasteiger partial charge in [-0.3, -0.25) is 9.59 Å². The number of likely N-dealkylation sites (N-methyl/N-ethyl adjacent to an activating group) is 1. The fourth-order valence-electron chi connectivity index (χ4n) is 1.74. The molecule has 1 atom stereocenters. The first-order chi connectivity index (χ1) is 9.56. The number of carbonyl (C=O) groups excluding carboxylic acids is 2. The summed E-state index contributed by atoms with van der Waals surface area (Å²) < 4.78 is 17.8. The molecule has 0 saturated heterocycles. The van der Waals surface area contributed by atoms with Crippen molar-refractivity contribution in [1.82, 2.24) is 10.6 Å². The number of hydrogen-bond acceptors (Lipinski definition) is 4. The highest BCUT2D eigenvalue weighted by Gasteiger charge is 2.19. The third-order valence-corrected chi connectivity index (χ3v) is 2.62. The largest absolute Gasteiger partial charge is 0.466 e. The number of carbonyl (C=O) groups is 2. The number of halogens is 2. The molecule has 0 bridgehead atoms. The maximum absolute atomic E-state index is 12.9. The zero-order valence-corrected chi connectivity index (χ0v) is 12.8. The van der Waals surface area contributed by atoms with Gasteiger partial charge in [-0.2, -0.15) is 0 Å². The summed E-state index contributed by atoms with van der Waals surface area (Å²) in [4.78, 5) is 23.2. The molecule has 0 spiro atoms. The van der Waals surface area contributed by atoms with Gasteiger partial charge in [-0.1, -0.05) is 12.1 Å². The molecule has 0 aliphatic carbocycles. The summed E-state index contributed by atoms with van der Waals surface area (Å²) in [6.45, 7) is 2.13. The smallest absolute Gasteiger partial charge is 0.308 e. The van der Waals surface area contributed by atoms with Gasteiger partial charge in [0.1, 0.15) is 5.82 Å². The highest BCUT2D eigenvalue weighted by atomic mass is 35.5. The van der Waals surface area contributed by atoms with Crippen molar-refractivity contribution >= 4 is 24.3 Å². The molecule has 0 aromatic heterocycles. The Morgan fingerprint density at radius 1 is 1.29 bits per heavy atom. The summed E-state index contributed by atoms with van der Waals surface area (Å²) in [5.41, 5.74) is 0.656. The lowest BCUT2D eigenvalue weighted by atomic mass is 10.0. The number of nitrogens with one attached hydrogen (secondary N) is 2. The molecule has 0 radical (unpaired) electrons. The highest BCUT2D eigenvalue weighted by molar-refractivity contribution is 5.85. The van der Waals surface area contributed by atoms with Gasteiger partial charge in [0.15, 0.2) is 0 Å². The second-order valence-electron chi connectivity index (χ2n) is 4.21. The maximum atomic E-state index is 12.9. The van der Waals surface area contributed by atoms with Crippen LogP contribution in [0.15, 0.2) is 24.3 Å². The van der Waals surface area contributed by atoms with Crippen LogP contribution in [0.3, 0.4) is 0 Å². The van der Waals surface area contributed by atoms with Gasteiger partial charge in [-0.25, -0.2) is 4.39 Å². The van der Waals surface area contributed by atoms with E-state index >= 15 is 0 Å². The second kappa shape index (κ2) is 10.1. The molecule has 0 aliphatic rings. The lowest BCUT2D eigenvalue weighted by Crippen LogP contribution is -2.36. The Bertz CT molecular complexity index is 434. The summed E-state index contributed by atoms with van der Waals surface area (Å²) >= 11 is 0. The molecule has 5 nitrogen and oxygen atoms in total. The third-order valence-electron chi connectivity index (χ3n) is 2.62. The topological polar surface area (TPSA) is 67.4 Å². The average molecular weight is 319 g/mol. The monoisotopic (exact) mass is 318 g/mol. The summed E-state index contributed by atoms with van der Waals surface area (Å²) in [5, 5.41) is 5.44. The number of rotatable bonds is 7. The van der Waals surface area contributed by atoms with E-state index in [1.54, 1.807) is 26.1 Å². The summed E-state index contributed by atoms with van der Waals surface area (Å²) in [5.74, 6) is -1.03. The van der Waals surface area contributed by atoms with E-state index in [1.807, 2.05) is 0 Å². The minimum absolute atomic E-state index is 0. The minimum Gasteiger partial charge on any atom is -0.466 e. The quantitative estimate of drug-likeness (QED) is 0.749. The second-order valence-corrected chi connectivity index (χ2v) is 4.21. The molecule has 0 fully saturated rings. The van der Waals surface area contributed by atoms with Crippen molar-refractivity contribution in [3.05, 3.63) is 35.6 Å². The van der Waals surface area contributed by atoms with Crippen LogP contribution in [0.1, 0.15) is 24.9 Å². The van der Waals surface area contributed by atoms with E-state index in [4.69, 9.17) is 4.74 Å². The maximum Gasteiger partial charge on any atom is 0.308 e. The standard InChI is InChI=1S/C14H19FN2O3.ClH/c1-3-20-14(19)8-12(17-13(18)9-16-2)10-4-6-11(15)7-5-10;/h4-7,12,16H,3,8-9H2,1-2H3,(H,17,18);1H. The molecular formula is C14H20ClFN2O3. The van der Waals surface area contributed by atoms with Crippen LogP contribution in [0.2, 0.25) is 0 Å². The van der Waals surface area contributed by atoms with Crippen LogP contribution in [0, 0.1) is 5.82 Å². The molecule has 1 unspecified atom stereocenters. The van der Waals surface area contributed by atoms with E-state index in [0.29, 0.717) is 5.56 Å². The van der Waals surface area contributed by atoms with Gasteiger partial charge in [-0.05, 0) is 31.7 Å². The number of ether oxygens (including phenoxy) is 1. The molecule has 1 aromatic rings. The molecule has 0 heterocycles. The van der Waals surface area contributed by atoms with Gasteiger partial charge in [0.05, 0.1) is 25.6 Å². The Balaban J connectivity index is 0.00000400. The van der Waals surface area contributed by atoms with Crippen molar-refractivity contribution in [3.63, 3.8) is 0 Å². The Labute approximate surface area is 129 Å². The van der Waals surface area contributed by atoms with Crippen molar-refractivity contribution in [2.24, 2.45) is 0 Å². The van der Waals surface area contributed by atoms with Crippen molar-refractivity contribution in [3.8, 4) is 0 Å². The predicted octanol–water partition coefficient (Wildman–Crippen LogP) is 1.58. The Hall–Kier alpha value is -1.66. The zero-order chi connectivity index (χ0) is 15.0. The molecule has 0 saturated carbocycles. The van der Waals surface area contributed by atoms with E-state index in [9.17, 15) is 14.0 Å². The number of esters is 1. The SMILES string of the molecule is CCOC(=O)CC(NC(=O)CNC)c1ccc(F)cc1.Cl. The van der Waals surface area contributed by atoms with E-state index in [1.165, 1.54) is 12.1 Å². The minimum atomic E-state index is -0.532. The molecular weight excluding hydrogens is 299 g/mol. The van der Waals surface area contributed by atoms with Gasteiger partial charge in [0, 0.05) is 0 Å². The Morgan fingerprint density at radius 2 is 1.90 bits per heavy atom. The molecule has 1 aromatic carbocycles. The Morgan fingerprint density at radius 3 is 2.43 bits per heavy atom. The van der Waals surface area contributed by atoms with Gasteiger partial charge in [0.25, 0.3) is 0 Å². The molecule has 7 heteroatoms. The van der Waals surface area contributed by atoms with Gasteiger partial charge < -0.3 is 15.4 Å². The van der Waals surface area contributed by atoms with Crippen molar-refractivity contribution < 1.29 is 18.7 Å². The number of benzene rings is 1. The molecule has 118 valence electrons. The van der Waals surface area contributed by atoms with Crippen LogP contribution in [-0.2, 0) is 14.3 Å². The lowest BCUT2D eigenvalue weighted by Gasteiger charge is -2.18. The van der Waals surface area contributed by atoms with Crippen molar-refractivity contribution in [2.45, 2.75) is 19.4 Å². The van der Waals surface area contributed by atoms with Crippen LogP contribution in [0.25, 0.3) is 0 Å². The van der Waals surface area contributed by atoms with Gasteiger partial charge in [0.2, 0.25) is 5.91 Å². The van der Waals surface area contributed by atoms with Crippen LogP contribution < -0.4 is 10.6 Å². The van der Waals surface area contributed by atoms with E-state index in [2.05, 4.69) is 10.6 Å². The highest BCUT2D eigenvalue weighted by Crippen LogP contribution is 2.18. The van der Waals surface area contributed by atoms with E-state index in [0.717, 1.165) is 0 Å². The first kappa shape index (κ1) is 19.3. The van der Waals surface area contributed by atoms with Crippen LogP contribution >= 0.6 is 12.4 Å². The number of amides is 1. The fourth-order valence-corrected chi connectivity index (χ4v) is 1.74. The van der Waals surface area contributed by atoms with Crippen LogP contribution in [0.4, 0.5) is 4.39 Å². The molecule has 1 rings (SSSR count). The molecule has 2 N–H and O–H groups in total. The first-order valence-corrected chi connectivity index (χ1v) is 6.41. The summed E-state index contributed by atoms with van der Waals surface area (Å²) in [6.07, 6.45) is 0.00886. The molecule has 1 amide bonds. The Kier molecular flexibility index (Phi) is 9.32. The lowest BCUT2D eigenvalue weighted by molar-refractivity contribution is -0.143. The van der Waals surface area contributed by atoms with E-state index < -0.39 is 12.0 Å². The molecule has 21 heavy (non-hydrogen) atoms. The summed E-state index contributed by atoms with van der Waals surface area (Å²) in [6, 6.07) is 5.13. The summed E-state index contributed by atoms with van der Waals surface area (Å²) in [7, 11) is 1.65. The number of hydrogen-bond donors (Lipinski definition) is 2. The van der Waals surface area contributed by atoms with E-state index in [-0.39, 0.29) is 43.7 Å². The third kappa shape index (κ3) is 7.06. The van der Waals surface area contributed by atoms with Crippen LogP contribution in [0.5, 0.6) is 0 Å². The first-order valence-electron chi connectivity index (χ1n) is 6.41. The average Bonchev–Trinajstić information content (AvgIpc) is 2.39. The normalized spacial score (nSPS) is 11.2. The van der Waals surface area contributed by atoms with Gasteiger partial charge in [-0.15, -0.1) is 12.4 Å². The fraction of sp³-hybridized carbons (Fsp3) is 0.429. The van der Waals surface area contributed by atoms with Crippen molar-refractivity contribution in [1.29, 1.82) is 0 Å². The zero-order valence-electron chi connectivity index (χ0n) is 12.0. The van der Waals surface area contributed by atoms with Crippen molar-refractivity contribution in [2.75, 3.05) is 20.2 Å². The van der Waals surface area contributed by atoms with Crippen LogP contribution in [-0.4, -0.2) is 32.1 Å².